The Labute approximate surface area is 303 Å². The Morgan fingerprint density at radius 2 is 0.962 bits per heavy atom. The van der Waals surface area contributed by atoms with Crippen molar-refractivity contribution in [3.63, 3.8) is 0 Å². The van der Waals surface area contributed by atoms with Gasteiger partial charge in [-0.25, -0.2) is 9.97 Å². The molecule has 0 saturated heterocycles. The van der Waals surface area contributed by atoms with Gasteiger partial charge < -0.3 is 4.57 Å². The highest BCUT2D eigenvalue weighted by Crippen LogP contribution is 2.51. The molecule has 0 unspecified atom stereocenters. The fraction of sp³-hybridized carbons (Fsp3) is 0.0612. The van der Waals surface area contributed by atoms with E-state index in [4.69, 9.17) is 9.97 Å². The summed E-state index contributed by atoms with van der Waals surface area (Å²) in [6.45, 7) is 4.60. The normalized spacial score (nSPS) is 13.0. The van der Waals surface area contributed by atoms with Crippen molar-refractivity contribution >= 4 is 21.8 Å². The first-order valence-corrected chi connectivity index (χ1v) is 17.9. The van der Waals surface area contributed by atoms with Crippen LogP contribution in [-0.4, -0.2) is 14.5 Å². The summed E-state index contributed by atoms with van der Waals surface area (Å²) >= 11 is 0. The molecule has 0 amide bonds. The number of benzene rings is 7. The zero-order valence-corrected chi connectivity index (χ0v) is 29.1. The van der Waals surface area contributed by atoms with Gasteiger partial charge in [0.1, 0.15) is 0 Å². The van der Waals surface area contributed by atoms with Crippen LogP contribution in [0, 0.1) is 0 Å². The summed E-state index contributed by atoms with van der Waals surface area (Å²) in [7, 11) is 0. The molecule has 0 saturated carbocycles. The van der Waals surface area contributed by atoms with E-state index in [0.29, 0.717) is 0 Å². The maximum Gasteiger partial charge on any atom is 0.160 e. The second kappa shape index (κ2) is 11.8. The number of nitrogens with zero attached hydrogens (tertiary/aromatic N) is 3. The Morgan fingerprint density at radius 1 is 0.423 bits per heavy atom. The molecule has 0 atom stereocenters. The second-order valence-corrected chi connectivity index (χ2v) is 14.2. The number of hydrogen-bond donors (Lipinski definition) is 0. The highest BCUT2D eigenvalue weighted by molar-refractivity contribution is 6.10. The van der Waals surface area contributed by atoms with Crippen LogP contribution in [0.25, 0.3) is 83.6 Å². The van der Waals surface area contributed by atoms with E-state index in [-0.39, 0.29) is 5.41 Å². The van der Waals surface area contributed by atoms with Crippen LogP contribution in [-0.2, 0) is 5.41 Å². The molecular formula is C49H35N3. The molecule has 9 aromatic rings. The molecule has 0 N–H and O–H groups in total. The lowest BCUT2D eigenvalue weighted by atomic mass is 9.80. The van der Waals surface area contributed by atoms with E-state index >= 15 is 0 Å². The maximum absolute atomic E-state index is 5.36. The second-order valence-electron chi connectivity index (χ2n) is 14.2. The molecule has 0 bridgehead atoms. The minimum Gasteiger partial charge on any atom is -0.309 e. The van der Waals surface area contributed by atoms with E-state index in [0.717, 1.165) is 28.3 Å². The Kier molecular flexibility index (Phi) is 6.84. The average Bonchev–Trinajstić information content (AvgIpc) is 3.66. The lowest BCUT2D eigenvalue weighted by Crippen LogP contribution is -2.17. The number of rotatable bonds is 5. The molecule has 52 heavy (non-hydrogen) atoms. The molecule has 2 heterocycles. The van der Waals surface area contributed by atoms with Gasteiger partial charge in [0.15, 0.2) is 5.82 Å². The third-order valence-electron chi connectivity index (χ3n) is 10.8. The van der Waals surface area contributed by atoms with Gasteiger partial charge >= 0.3 is 0 Å². The van der Waals surface area contributed by atoms with E-state index in [2.05, 4.69) is 188 Å². The van der Waals surface area contributed by atoms with E-state index in [1.807, 2.05) is 6.07 Å². The topological polar surface area (TPSA) is 30.7 Å². The molecule has 0 fully saturated rings. The summed E-state index contributed by atoms with van der Waals surface area (Å²) in [6.07, 6.45) is 0. The molecule has 3 nitrogen and oxygen atoms in total. The third-order valence-corrected chi connectivity index (χ3v) is 10.8. The first-order chi connectivity index (χ1) is 25.5. The molecule has 0 spiro atoms. The fourth-order valence-electron chi connectivity index (χ4n) is 8.23. The summed E-state index contributed by atoms with van der Waals surface area (Å²) < 4.78 is 2.36. The number of hydrogen-bond acceptors (Lipinski definition) is 2. The first kappa shape index (κ1) is 30.3. The minimum atomic E-state index is -0.242. The number of para-hydroxylation sites is 2. The smallest absolute Gasteiger partial charge is 0.160 e. The van der Waals surface area contributed by atoms with Crippen LogP contribution < -0.4 is 0 Å². The Balaban J connectivity index is 1.08. The van der Waals surface area contributed by atoms with Crippen LogP contribution in [0.4, 0.5) is 0 Å². The van der Waals surface area contributed by atoms with Gasteiger partial charge in [-0.1, -0.05) is 159 Å². The van der Waals surface area contributed by atoms with Crippen molar-refractivity contribution in [2.45, 2.75) is 19.3 Å². The van der Waals surface area contributed by atoms with Crippen LogP contribution >= 0.6 is 0 Å². The SMILES string of the molecule is CC1(C)c2ccccc2-c2nc(-c3ccc(-c4ccccc4)cc3)nc(-c3ccc(-c4ccc5c(c4)c4ccccc4n5-c4ccccc4)cc3)c21. The minimum absolute atomic E-state index is 0.242. The predicted octanol–water partition coefficient (Wildman–Crippen LogP) is 12.5. The maximum atomic E-state index is 5.36. The largest absolute Gasteiger partial charge is 0.309 e. The predicted molar refractivity (Wildman–Crippen MR) is 216 cm³/mol. The zero-order chi connectivity index (χ0) is 34.8. The van der Waals surface area contributed by atoms with Gasteiger partial charge in [-0.3, -0.25) is 0 Å². The van der Waals surface area contributed by atoms with Gasteiger partial charge in [0.25, 0.3) is 0 Å². The number of fused-ring (bicyclic) bond motifs is 6. The molecule has 7 aromatic carbocycles. The van der Waals surface area contributed by atoms with Gasteiger partial charge in [0.2, 0.25) is 0 Å². The summed E-state index contributed by atoms with van der Waals surface area (Å²) in [5, 5.41) is 2.50. The molecule has 1 aliphatic carbocycles. The average molecular weight is 666 g/mol. The van der Waals surface area contributed by atoms with Gasteiger partial charge in [-0.05, 0) is 58.1 Å². The van der Waals surface area contributed by atoms with Gasteiger partial charge in [0.05, 0.1) is 22.4 Å². The lowest BCUT2D eigenvalue weighted by molar-refractivity contribution is 0.658. The van der Waals surface area contributed by atoms with Crippen molar-refractivity contribution in [1.82, 2.24) is 14.5 Å². The number of aromatic nitrogens is 3. The quantitative estimate of drug-likeness (QED) is 0.183. The van der Waals surface area contributed by atoms with Gasteiger partial charge in [0, 0.05) is 44.1 Å². The monoisotopic (exact) mass is 665 g/mol. The zero-order valence-electron chi connectivity index (χ0n) is 29.1. The fourth-order valence-corrected chi connectivity index (χ4v) is 8.23. The van der Waals surface area contributed by atoms with E-state index in [9.17, 15) is 0 Å². The van der Waals surface area contributed by atoms with Crippen LogP contribution in [0.1, 0.15) is 25.0 Å². The highest BCUT2D eigenvalue weighted by atomic mass is 15.0. The summed E-state index contributed by atoms with van der Waals surface area (Å²) in [4.78, 5) is 10.6. The highest BCUT2D eigenvalue weighted by Gasteiger charge is 2.40. The Hall–Kier alpha value is -6.58. The van der Waals surface area contributed by atoms with Gasteiger partial charge in [-0.15, -0.1) is 0 Å². The standard InChI is InChI=1S/C49H35N3/c1-49(2)42-19-11-9-18-40(42)47-45(49)46(50-48(51-47)36-27-23-33(24-28-36)32-13-5-3-6-14-32)35-25-21-34(22-26-35)37-29-30-44-41(31-37)39-17-10-12-20-43(39)52(44)38-15-7-4-8-16-38/h3-31H,1-2H3. The third kappa shape index (κ3) is 4.74. The Bertz CT molecular complexity index is 2780. The van der Waals surface area contributed by atoms with E-state index < -0.39 is 0 Å². The lowest BCUT2D eigenvalue weighted by Gasteiger charge is -2.24. The molecular weight excluding hydrogens is 631 g/mol. The summed E-state index contributed by atoms with van der Waals surface area (Å²) in [5.41, 5.74) is 15.8. The summed E-state index contributed by atoms with van der Waals surface area (Å²) in [5.74, 6) is 0.741. The molecule has 2 aromatic heterocycles. The van der Waals surface area contributed by atoms with Gasteiger partial charge in [-0.2, -0.15) is 0 Å². The molecule has 0 radical (unpaired) electrons. The molecule has 10 rings (SSSR count). The van der Waals surface area contributed by atoms with E-state index in [1.54, 1.807) is 0 Å². The summed E-state index contributed by atoms with van der Waals surface area (Å²) in [6, 6.07) is 62.9. The van der Waals surface area contributed by atoms with Crippen molar-refractivity contribution in [2.75, 3.05) is 0 Å². The molecule has 0 aliphatic heterocycles. The van der Waals surface area contributed by atoms with Crippen molar-refractivity contribution < 1.29 is 0 Å². The van der Waals surface area contributed by atoms with Crippen molar-refractivity contribution in [3.05, 3.63) is 187 Å². The Morgan fingerprint density at radius 3 is 1.73 bits per heavy atom. The van der Waals surface area contributed by atoms with Crippen LogP contribution in [0.2, 0.25) is 0 Å². The van der Waals surface area contributed by atoms with Crippen LogP contribution in [0.3, 0.4) is 0 Å². The van der Waals surface area contributed by atoms with E-state index in [1.165, 1.54) is 66.4 Å². The van der Waals surface area contributed by atoms with Crippen LogP contribution in [0.15, 0.2) is 176 Å². The molecule has 3 heteroatoms. The molecule has 246 valence electrons. The molecule has 1 aliphatic rings. The van der Waals surface area contributed by atoms with Crippen molar-refractivity contribution in [3.8, 4) is 61.8 Å². The van der Waals surface area contributed by atoms with Crippen molar-refractivity contribution in [1.29, 1.82) is 0 Å². The first-order valence-electron chi connectivity index (χ1n) is 17.9. The van der Waals surface area contributed by atoms with Crippen molar-refractivity contribution in [2.24, 2.45) is 0 Å². The van der Waals surface area contributed by atoms with Crippen LogP contribution in [0.5, 0.6) is 0 Å².